The summed E-state index contributed by atoms with van der Waals surface area (Å²) in [5.41, 5.74) is 3.52. The zero-order chi connectivity index (χ0) is 35.2. The van der Waals surface area contributed by atoms with E-state index in [4.69, 9.17) is 9.47 Å². The van der Waals surface area contributed by atoms with Gasteiger partial charge in [0, 0.05) is 48.5 Å². The average molecular weight is 701 g/mol. The number of aliphatic hydroxyl groups is 1. The molecule has 7 rings (SSSR count). The van der Waals surface area contributed by atoms with Gasteiger partial charge in [0.2, 0.25) is 14.3 Å². The van der Waals surface area contributed by atoms with E-state index < -0.39 is 31.7 Å². The van der Waals surface area contributed by atoms with Crippen LogP contribution in [0.1, 0.15) is 49.0 Å². The molecule has 1 unspecified atom stereocenters. The van der Waals surface area contributed by atoms with Crippen molar-refractivity contribution in [2.75, 3.05) is 43.3 Å². The first-order valence-corrected chi connectivity index (χ1v) is 20.9. The number of carbonyl (C=O) groups is 2. The van der Waals surface area contributed by atoms with Crippen LogP contribution in [0.15, 0.2) is 72.8 Å². The molecule has 266 valence electrons. The van der Waals surface area contributed by atoms with Gasteiger partial charge in [0.25, 0.3) is 5.91 Å². The molecule has 5 atom stereocenters. The Morgan fingerprint density at radius 2 is 1.76 bits per heavy atom. The zero-order valence-electron chi connectivity index (χ0n) is 29.5. The number of anilines is 2. The highest BCUT2D eigenvalue weighted by Crippen LogP contribution is 2.49. The minimum atomic E-state index is -3.47. The fourth-order valence-corrected chi connectivity index (χ4v) is 10.6. The van der Waals surface area contributed by atoms with Crippen molar-refractivity contribution >= 4 is 31.6 Å². The van der Waals surface area contributed by atoms with Crippen LogP contribution >= 0.6 is 0 Å². The van der Waals surface area contributed by atoms with Gasteiger partial charge in [-0.05, 0) is 86.9 Å². The number of fused-ring (bicyclic) bond motifs is 2. The number of nitrogens with one attached hydrogen (secondary N) is 1. The lowest BCUT2D eigenvalue weighted by molar-refractivity contribution is -0.136. The number of amides is 2. The van der Waals surface area contributed by atoms with Crippen LogP contribution in [-0.4, -0.2) is 81.4 Å². The monoisotopic (exact) mass is 700 g/mol. The molecule has 0 aliphatic carbocycles. The van der Waals surface area contributed by atoms with Crippen molar-refractivity contribution in [1.82, 2.24) is 10.2 Å². The molecule has 0 bridgehead atoms. The Hall–Kier alpha value is -3.77. The highest BCUT2D eigenvalue weighted by Gasteiger charge is 2.54. The summed E-state index contributed by atoms with van der Waals surface area (Å²) in [5, 5.41) is 13.6. The van der Waals surface area contributed by atoms with Gasteiger partial charge in [-0.15, -0.1) is 0 Å². The quantitative estimate of drug-likeness (QED) is 0.234. The molecule has 2 amide bonds. The van der Waals surface area contributed by atoms with Crippen LogP contribution < -0.4 is 19.9 Å². The molecule has 3 aromatic rings. The van der Waals surface area contributed by atoms with Crippen LogP contribution in [0.5, 0.6) is 5.75 Å². The van der Waals surface area contributed by atoms with Gasteiger partial charge in [-0.1, -0.05) is 49.4 Å². The summed E-state index contributed by atoms with van der Waals surface area (Å²) in [4.78, 5) is 34.2. The van der Waals surface area contributed by atoms with Crippen LogP contribution in [0.2, 0.25) is 18.6 Å². The molecule has 2 saturated heterocycles. The Balaban J connectivity index is 1.16. The van der Waals surface area contributed by atoms with Gasteiger partial charge in [-0.2, -0.15) is 0 Å². The maximum absolute atomic E-state index is 16.4. The van der Waals surface area contributed by atoms with E-state index >= 15 is 4.11 Å². The second-order valence-electron chi connectivity index (χ2n) is 14.9. The topological polar surface area (TPSA) is 94.6 Å². The van der Waals surface area contributed by atoms with Crippen LogP contribution in [0, 0.1) is 5.92 Å². The molecule has 4 aliphatic rings. The Bertz CT molecular complexity index is 1710. The minimum Gasteiger partial charge on any atom is -0.490 e. The van der Waals surface area contributed by atoms with E-state index in [1.54, 1.807) is 25.1 Å². The summed E-state index contributed by atoms with van der Waals surface area (Å²) in [7, 11) is -1.82. The number of carbonyl (C=O) groups excluding carboxylic acids is 2. The largest absolute Gasteiger partial charge is 0.490 e. The Morgan fingerprint density at radius 1 is 1.06 bits per heavy atom. The molecule has 50 heavy (non-hydrogen) atoms. The lowest BCUT2D eigenvalue weighted by Crippen LogP contribution is -2.55. The second kappa shape index (κ2) is 13.7. The molecule has 4 heterocycles. The van der Waals surface area contributed by atoms with E-state index in [0.29, 0.717) is 25.4 Å². The van der Waals surface area contributed by atoms with E-state index in [2.05, 4.69) is 22.3 Å². The van der Waals surface area contributed by atoms with Gasteiger partial charge in [0.05, 0.1) is 25.4 Å². The van der Waals surface area contributed by atoms with Gasteiger partial charge >= 0.3 is 0 Å². The SMILES string of the molecule is CO[C@H]1c2cc(N3CN(c4ccccc4)C4(CCNCC4)C3=O)ccc2O[C@@H](C(CC(=O)N2Cc3ccccc3C[C@H]2CO)[Si](C)(C)F)[C@@H]1C. The van der Waals surface area contributed by atoms with Crippen LogP contribution in [0.4, 0.5) is 15.5 Å². The number of hydrogen-bond acceptors (Lipinski definition) is 7. The van der Waals surface area contributed by atoms with Crippen molar-refractivity contribution in [3.05, 3.63) is 89.5 Å². The number of hydrogen-bond donors (Lipinski definition) is 2. The molecule has 3 aromatic carbocycles. The number of para-hydroxylation sites is 1. The average Bonchev–Trinajstić information content (AvgIpc) is 3.40. The lowest BCUT2D eigenvalue weighted by Gasteiger charge is -2.44. The van der Waals surface area contributed by atoms with Crippen molar-refractivity contribution in [2.24, 2.45) is 5.92 Å². The first-order valence-electron chi connectivity index (χ1n) is 17.9. The summed E-state index contributed by atoms with van der Waals surface area (Å²) in [6.45, 7) is 7.50. The Morgan fingerprint density at radius 3 is 2.44 bits per heavy atom. The molecular weight excluding hydrogens is 652 g/mol. The van der Waals surface area contributed by atoms with E-state index in [0.717, 1.165) is 54.0 Å². The Labute approximate surface area is 295 Å². The fourth-order valence-electron chi connectivity index (χ4n) is 8.80. The molecule has 2 N–H and O–H groups in total. The van der Waals surface area contributed by atoms with Gasteiger partial charge < -0.3 is 33.8 Å². The third-order valence-electron chi connectivity index (χ3n) is 11.6. The normalized spacial score (nSPS) is 25.2. The molecule has 4 aliphatic heterocycles. The molecule has 0 aromatic heterocycles. The molecule has 2 fully saturated rings. The van der Waals surface area contributed by atoms with Crippen molar-refractivity contribution in [1.29, 1.82) is 0 Å². The molecule has 11 heteroatoms. The number of methoxy groups -OCH3 is 1. The number of benzene rings is 3. The molecular formula is C39H49FN4O5Si. The van der Waals surface area contributed by atoms with E-state index in [1.165, 1.54) is 0 Å². The minimum absolute atomic E-state index is 0.0121. The number of aliphatic hydroxyl groups excluding tert-OH is 1. The lowest BCUT2D eigenvalue weighted by atomic mass is 9.85. The van der Waals surface area contributed by atoms with Crippen LogP contribution in [-0.2, 0) is 27.3 Å². The molecule has 0 radical (unpaired) electrons. The summed E-state index contributed by atoms with van der Waals surface area (Å²) in [6.07, 6.45) is 0.965. The summed E-state index contributed by atoms with van der Waals surface area (Å²) in [6, 6.07) is 23.5. The first-order chi connectivity index (χ1) is 24.1. The predicted octanol–water partition coefficient (Wildman–Crippen LogP) is 5.58. The number of ether oxygens (including phenoxy) is 2. The van der Waals surface area contributed by atoms with Gasteiger partial charge in [0.1, 0.15) is 17.4 Å². The maximum atomic E-state index is 16.4. The van der Waals surface area contributed by atoms with Crippen molar-refractivity contribution in [2.45, 2.75) is 81.6 Å². The number of piperidine rings is 1. The zero-order valence-corrected chi connectivity index (χ0v) is 30.5. The number of halogens is 1. The van der Waals surface area contributed by atoms with Gasteiger partial charge in [-0.3, -0.25) is 14.5 Å². The standard InChI is InChI=1S/C39H49FN4O5Si/c1-26-36(48-2)32-21-30(43-25-44(29-12-6-5-7-13-29)39(38(43)47)16-18-41-19-17-39)14-15-33(32)49-37(26)34(50(3,4)40)22-35(46)42-23-28-11-9-8-10-27(28)20-31(42)24-45/h5-15,21,26,31,34,36-37,41,45H,16-20,22-25H2,1-4H3/t26-,31+,34?,36-,37-/m1/s1. The van der Waals surface area contributed by atoms with Crippen molar-refractivity contribution in [3.63, 3.8) is 0 Å². The third kappa shape index (κ3) is 6.12. The number of rotatable bonds is 8. The van der Waals surface area contributed by atoms with Crippen molar-refractivity contribution in [3.8, 4) is 5.75 Å². The molecule has 9 nitrogen and oxygen atoms in total. The summed E-state index contributed by atoms with van der Waals surface area (Å²) in [5.74, 6) is 0.229. The van der Waals surface area contributed by atoms with E-state index in [9.17, 15) is 14.7 Å². The first kappa shape index (κ1) is 34.7. The Kier molecular flexibility index (Phi) is 9.53. The highest BCUT2D eigenvalue weighted by atomic mass is 28.4. The molecule has 1 spiro atoms. The van der Waals surface area contributed by atoms with Gasteiger partial charge in [0.15, 0.2) is 0 Å². The van der Waals surface area contributed by atoms with Crippen LogP contribution in [0.3, 0.4) is 0 Å². The highest BCUT2D eigenvalue weighted by molar-refractivity contribution is 6.72. The smallest absolute Gasteiger partial charge is 0.254 e. The van der Waals surface area contributed by atoms with Crippen molar-refractivity contribution < 1.29 is 28.3 Å². The van der Waals surface area contributed by atoms with Crippen LogP contribution in [0.25, 0.3) is 0 Å². The third-order valence-corrected chi connectivity index (χ3v) is 13.9. The molecule has 0 saturated carbocycles. The van der Waals surface area contributed by atoms with Gasteiger partial charge in [-0.25, -0.2) is 0 Å². The second-order valence-corrected chi connectivity index (χ2v) is 18.8. The summed E-state index contributed by atoms with van der Waals surface area (Å²) < 4.78 is 29.2. The number of nitrogens with zero attached hydrogens (tertiary/aromatic N) is 3. The van der Waals surface area contributed by atoms with E-state index in [1.807, 2.05) is 72.5 Å². The summed E-state index contributed by atoms with van der Waals surface area (Å²) >= 11 is 0. The maximum Gasteiger partial charge on any atom is 0.254 e. The fraction of sp³-hybridized carbons (Fsp3) is 0.487. The predicted molar refractivity (Wildman–Crippen MR) is 194 cm³/mol. The van der Waals surface area contributed by atoms with E-state index in [-0.39, 0.29) is 36.8 Å².